The smallest absolute Gasteiger partial charge is 0.234 e. The summed E-state index contributed by atoms with van der Waals surface area (Å²) < 4.78 is 7.33. The fourth-order valence-electron chi connectivity index (χ4n) is 4.12. The quantitative estimate of drug-likeness (QED) is 0.592. The zero-order valence-corrected chi connectivity index (χ0v) is 18.8. The van der Waals surface area contributed by atoms with E-state index in [-0.39, 0.29) is 11.9 Å². The number of piperazine rings is 1. The first-order valence-corrected chi connectivity index (χ1v) is 11.1. The van der Waals surface area contributed by atoms with Crippen LogP contribution in [0.25, 0.3) is 5.69 Å². The van der Waals surface area contributed by atoms with Crippen LogP contribution in [0.1, 0.15) is 24.1 Å². The van der Waals surface area contributed by atoms with E-state index in [2.05, 4.69) is 38.5 Å². The van der Waals surface area contributed by atoms with Crippen LogP contribution in [0, 0.1) is 0 Å². The zero-order valence-electron chi connectivity index (χ0n) is 18.8. The minimum atomic E-state index is -0.0962. The number of para-hydroxylation sites is 2. The van der Waals surface area contributed by atoms with Gasteiger partial charge in [-0.25, -0.2) is 4.68 Å². The van der Waals surface area contributed by atoms with E-state index in [9.17, 15) is 4.79 Å². The Morgan fingerprint density at radius 1 is 1.03 bits per heavy atom. The van der Waals surface area contributed by atoms with Gasteiger partial charge in [-0.3, -0.25) is 14.6 Å². The van der Waals surface area contributed by atoms with Crippen LogP contribution in [0.2, 0.25) is 0 Å². The van der Waals surface area contributed by atoms with Gasteiger partial charge in [0, 0.05) is 50.0 Å². The van der Waals surface area contributed by atoms with E-state index in [1.807, 2.05) is 60.3 Å². The molecule has 2 aromatic carbocycles. The highest BCUT2D eigenvalue weighted by Crippen LogP contribution is 2.24. The highest BCUT2D eigenvalue weighted by Gasteiger charge is 2.21. The number of nitrogens with one attached hydrogen (secondary N) is 1. The van der Waals surface area contributed by atoms with Gasteiger partial charge in [0.15, 0.2) is 0 Å². The monoisotopic (exact) mass is 433 g/mol. The third kappa shape index (κ3) is 5.55. The Morgan fingerprint density at radius 2 is 1.72 bits per heavy atom. The van der Waals surface area contributed by atoms with E-state index in [1.165, 1.54) is 5.56 Å². The van der Waals surface area contributed by atoms with Gasteiger partial charge in [0.1, 0.15) is 5.75 Å². The average Bonchev–Trinajstić information content (AvgIpc) is 3.29. The molecule has 7 nitrogen and oxygen atoms in total. The van der Waals surface area contributed by atoms with Crippen molar-refractivity contribution >= 4 is 5.91 Å². The topological polar surface area (TPSA) is 62.6 Å². The van der Waals surface area contributed by atoms with Crippen LogP contribution in [0.3, 0.4) is 0 Å². The number of hydrogen-bond acceptors (Lipinski definition) is 5. The van der Waals surface area contributed by atoms with E-state index >= 15 is 0 Å². The normalized spacial score (nSPS) is 15.9. The molecule has 0 radical (unpaired) electrons. The Hall–Kier alpha value is -3.16. The SMILES string of the molecule is COc1ccccc1[C@H](C)NC(=O)CN1CCN(Cc2cnn(-c3ccccc3)c2)CC1. The van der Waals surface area contributed by atoms with E-state index in [0.717, 1.165) is 49.7 Å². The molecule has 1 saturated heterocycles. The lowest BCUT2D eigenvalue weighted by Gasteiger charge is -2.34. The van der Waals surface area contributed by atoms with Crippen molar-refractivity contribution in [2.45, 2.75) is 19.5 Å². The summed E-state index contributed by atoms with van der Waals surface area (Å²) in [5.41, 5.74) is 3.26. The Labute approximate surface area is 189 Å². The molecule has 0 aliphatic carbocycles. The molecule has 32 heavy (non-hydrogen) atoms. The number of ether oxygens (including phenoxy) is 1. The fourth-order valence-corrected chi connectivity index (χ4v) is 4.12. The maximum absolute atomic E-state index is 12.6. The van der Waals surface area contributed by atoms with Crippen molar-refractivity contribution in [2.75, 3.05) is 39.8 Å². The fraction of sp³-hybridized carbons (Fsp3) is 0.360. The van der Waals surface area contributed by atoms with Crippen LogP contribution in [-0.4, -0.2) is 65.3 Å². The Morgan fingerprint density at radius 3 is 2.47 bits per heavy atom. The van der Waals surface area contributed by atoms with Gasteiger partial charge in [0.2, 0.25) is 5.91 Å². The number of benzene rings is 2. The molecule has 0 unspecified atom stereocenters. The molecule has 7 heteroatoms. The number of aromatic nitrogens is 2. The van der Waals surface area contributed by atoms with Crippen LogP contribution in [0.15, 0.2) is 67.0 Å². The standard InChI is InChI=1S/C25H31N5O2/c1-20(23-10-6-7-11-24(23)32-2)27-25(31)19-29-14-12-28(13-15-29)17-21-16-26-30(18-21)22-8-4-3-5-9-22/h3-11,16,18,20H,12-15,17,19H2,1-2H3,(H,27,31)/t20-/m0/s1. The van der Waals surface area contributed by atoms with Crippen molar-refractivity contribution in [1.82, 2.24) is 24.9 Å². The molecule has 1 fully saturated rings. The summed E-state index contributed by atoms with van der Waals surface area (Å²) in [6.07, 6.45) is 4.03. The number of amides is 1. The molecule has 1 amide bonds. The largest absolute Gasteiger partial charge is 0.496 e. The van der Waals surface area contributed by atoms with Crippen LogP contribution >= 0.6 is 0 Å². The van der Waals surface area contributed by atoms with Crippen LogP contribution in [-0.2, 0) is 11.3 Å². The van der Waals surface area contributed by atoms with E-state index in [4.69, 9.17) is 4.74 Å². The number of carbonyl (C=O) groups is 1. The molecule has 168 valence electrons. The van der Waals surface area contributed by atoms with E-state index < -0.39 is 0 Å². The predicted molar refractivity (Wildman–Crippen MR) is 125 cm³/mol. The minimum absolute atomic E-state index is 0.0426. The van der Waals surface area contributed by atoms with Gasteiger partial charge >= 0.3 is 0 Å². The third-order valence-electron chi connectivity index (χ3n) is 5.88. The van der Waals surface area contributed by atoms with E-state index in [0.29, 0.717) is 6.54 Å². The number of hydrogen-bond donors (Lipinski definition) is 1. The second-order valence-corrected chi connectivity index (χ2v) is 8.21. The van der Waals surface area contributed by atoms with Crippen molar-refractivity contribution in [3.63, 3.8) is 0 Å². The highest BCUT2D eigenvalue weighted by atomic mass is 16.5. The van der Waals surface area contributed by atoms with Crippen LogP contribution in [0.4, 0.5) is 0 Å². The van der Waals surface area contributed by atoms with Crippen molar-refractivity contribution in [2.24, 2.45) is 0 Å². The molecule has 2 heterocycles. The number of carbonyl (C=O) groups excluding carboxylic acids is 1. The maximum atomic E-state index is 12.6. The lowest BCUT2D eigenvalue weighted by molar-refractivity contribution is -0.123. The molecule has 1 atom stereocenters. The van der Waals surface area contributed by atoms with Gasteiger partial charge in [-0.15, -0.1) is 0 Å². The summed E-state index contributed by atoms with van der Waals surface area (Å²) in [6.45, 7) is 6.91. The Kier molecular flexibility index (Phi) is 7.19. The number of nitrogens with zero attached hydrogens (tertiary/aromatic N) is 4. The Bertz CT molecular complexity index is 1010. The second-order valence-electron chi connectivity index (χ2n) is 8.21. The van der Waals surface area contributed by atoms with Gasteiger partial charge in [-0.2, -0.15) is 5.10 Å². The summed E-state index contributed by atoms with van der Waals surface area (Å²) in [4.78, 5) is 17.2. The van der Waals surface area contributed by atoms with Gasteiger partial charge in [-0.05, 0) is 25.1 Å². The summed E-state index contributed by atoms with van der Waals surface area (Å²) in [6, 6.07) is 17.8. The maximum Gasteiger partial charge on any atom is 0.234 e. The molecule has 0 spiro atoms. The van der Waals surface area contributed by atoms with Crippen molar-refractivity contribution < 1.29 is 9.53 Å². The first kappa shape index (κ1) is 22.0. The van der Waals surface area contributed by atoms with Crippen molar-refractivity contribution in [3.05, 3.63) is 78.1 Å². The molecule has 0 saturated carbocycles. The van der Waals surface area contributed by atoms with Gasteiger partial charge in [-0.1, -0.05) is 36.4 Å². The summed E-state index contributed by atoms with van der Waals surface area (Å²) in [7, 11) is 1.65. The molecule has 0 bridgehead atoms. The average molecular weight is 434 g/mol. The summed E-state index contributed by atoms with van der Waals surface area (Å²) >= 11 is 0. The van der Waals surface area contributed by atoms with Crippen molar-refractivity contribution in [3.8, 4) is 11.4 Å². The summed E-state index contributed by atoms with van der Waals surface area (Å²) in [5, 5.41) is 7.59. The van der Waals surface area contributed by atoms with Gasteiger partial charge < -0.3 is 10.1 Å². The number of rotatable bonds is 8. The second kappa shape index (κ2) is 10.4. The third-order valence-corrected chi connectivity index (χ3v) is 5.88. The molecule has 3 aromatic rings. The van der Waals surface area contributed by atoms with Crippen LogP contribution in [0.5, 0.6) is 5.75 Å². The molecule has 1 aliphatic rings. The zero-order chi connectivity index (χ0) is 22.3. The summed E-state index contributed by atoms with van der Waals surface area (Å²) in [5.74, 6) is 0.838. The minimum Gasteiger partial charge on any atom is -0.496 e. The first-order valence-electron chi connectivity index (χ1n) is 11.1. The highest BCUT2D eigenvalue weighted by molar-refractivity contribution is 5.78. The first-order chi connectivity index (χ1) is 15.6. The lowest BCUT2D eigenvalue weighted by atomic mass is 10.1. The predicted octanol–water partition coefficient (Wildman–Crippen LogP) is 2.88. The molecular formula is C25H31N5O2. The van der Waals surface area contributed by atoms with Crippen molar-refractivity contribution in [1.29, 1.82) is 0 Å². The van der Waals surface area contributed by atoms with E-state index in [1.54, 1.807) is 7.11 Å². The Balaban J connectivity index is 1.23. The van der Waals surface area contributed by atoms with Gasteiger partial charge in [0.05, 0.1) is 31.6 Å². The molecule has 1 aromatic heterocycles. The lowest BCUT2D eigenvalue weighted by Crippen LogP contribution is -2.49. The molecule has 1 N–H and O–H groups in total. The molecule has 1 aliphatic heterocycles. The van der Waals surface area contributed by atoms with Gasteiger partial charge in [0.25, 0.3) is 0 Å². The van der Waals surface area contributed by atoms with Crippen LogP contribution < -0.4 is 10.1 Å². The molecular weight excluding hydrogens is 402 g/mol. The molecule has 4 rings (SSSR count). The number of methoxy groups -OCH3 is 1.